The third-order valence-electron chi connectivity index (χ3n) is 2.28. The monoisotopic (exact) mass is 300 g/mol. The Hall–Kier alpha value is -1.29. The van der Waals surface area contributed by atoms with Gasteiger partial charge in [-0.3, -0.25) is 4.79 Å². The highest BCUT2D eigenvalue weighted by atomic mass is 35.5. The Morgan fingerprint density at radius 1 is 1.11 bits per heavy atom. The normalized spacial score (nSPS) is 10.4. The van der Waals surface area contributed by atoms with E-state index in [1.807, 2.05) is 0 Å². The summed E-state index contributed by atoms with van der Waals surface area (Å²) in [7, 11) is 0. The molecular weight excluding hydrogens is 295 g/mol. The number of rotatable bonds is 2. The summed E-state index contributed by atoms with van der Waals surface area (Å²) in [5.74, 6) is -0.414. The lowest BCUT2D eigenvalue weighted by Crippen LogP contribution is -2.08. The Kier molecular flexibility index (Phi) is 3.76. The van der Waals surface area contributed by atoms with E-state index in [4.69, 9.17) is 40.5 Å². The molecule has 0 saturated heterocycles. The van der Waals surface area contributed by atoms with Gasteiger partial charge in [0.1, 0.15) is 10.8 Å². The predicted molar refractivity (Wildman–Crippen MR) is 73.6 cm³/mol. The van der Waals surface area contributed by atoms with Gasteiger partial charge in [-0.2, -0.15) is 0 Å². The number of nitrogen functional groups attached to an aromatic ring is 1. The van der Waals surface area contributed by atoms with E-state index in [0.717, 1.165) is 0 Å². The average Bonchev–Trinajstić information content (AvgIpc) is 2.34. The van der Waals surface area contributed by atoms with Crippen LogP contribution >= 0.6 is 34.8 Å². The second kappa shape index (κ2) is 5.14. The molecule has 2 aromatic rings. The average molecular weight is 302 g/mol. The minimum absolute atomic E-state index is 0.0617. The Morgan fingerprint density at radius 3 is 2.56 bits per heavy atom. The van der Waals surface area contributed by atoms with E-state index in [1.54, 1.807) is 6.07 Å². The fourth-order valence-corrected chi connectivity index (χ4v) is 1.95. The van der Waals surface area contributed by atoms with E-state index in [0.29, 0.717) is 5.02 Å². The van der Waals surface area contributed by atoms with Gasteiger partial charge in [0.25, 0.3) is 0 Å². The lowest BCUT2D eigenvalue weighted by atomic mass is 10.1. The van der Waals surface area contributed by atoms with Crippen molar-refractivity contribution in [3.05, 3.63) is 56.8 Å². The van der Waals surface area contributed by atoms with Crippen LogP contribution in [0.2, 0.25) is 15.2 Å². The smallest absolute Gasteiger partial charge is 0.215 e. The molecule has 0 spiro atoms. The number of halogens is 3. The molecule has 1 aromatic carbocycles. The van der Waals surface area contributed by atoms with Gasteiger partial charge < -0.3 is 5.73 Å². The van der Waals surface area contributed by atoms with Crippen LogP contribution in [0.3, 0.4) is 0 Å². The van der Waals surface area contributed by atoms with Crippen molar-refractivity contribution in [2.24, 2.45) is 0 Å². The van der Waals surface area contributed by atoms with Crippen LogP contribution in [0.1, 0.15) is 16.1 Å². The molecule has 6 heteroatoms. The number of hydrogen-bond acceptors (Lipinski definition) is 3. The summed E-state index contributed by atoms with van der Waals surface area (Å²) in [6, 6.07) is 7.62. The van der Waals surface area contributed by atoms with Crippen molar-refractivity contribution in [3.63, 3.8) is 0 Å². The molecule has 0 bridgehead atoms. The number of carbonyl (C=O) groups is 1. The number of anilines is 1. The second-order valence-corrected chi connectivity index (χ2v) is 4.76. The molecule has 1 aromatic heterocycles. The zero-order chi connectivity index (χ0) is 13.3. The van der Waals surface area contributed by atoms with Crippen molar-refractivity contribution < 1.29 is 4.79 Å². The number of aromatic nitrogens is 1. The number of nitrogens with two attached hydrogens (primary N) is 1. The zero-order valence-corrected chi connectivity index (χ0v) is 11.2. The molecule has 2 N–H and O–H groups in total. The van der Waals surface area contributed by atoms with E-state index >= 15 is 0 Å². The van der Waals surface area contributed by atoms with E-state index in [2.05, 4.69) is 4.98 Å². The molecule has 0 saturated carbocycles. The number of hydrogen-bond donors (Lipinski definition) is 1. The molecule has 1 heterocycles. The number of ketones is 1. The van der Waals surface area contributed by atoms with Crippen LogP contribution in [0.4, 0.5) is 5.69 Å². The first-order valence-corrected chi connectivity index (χ1v) is 6.04. The number of benzene rings is 1. The molecule has 2 rings (SSSR count). The Labute approximate surface area is 118 Å². The number of nitrogens with zero attached hydrogens (tertiary/aromatic N) is 1. The maximum atomic E-state index is 12.2. The Morgan fingerprint density at radius 2 is 1.83 bits per heavy atom. The van der Waals surface area contributed by atoms with Crippen LogP contribution in [0.25, 0.3) is 0 Å². The first-order chi connectivity index (χ1) is 8.49. The van der Waals surface area contributed by atoms with Gasteiger partial charge in [0, 0.05) is 10.6 Å². The van der Waals surface area contributed by atoms with Crippen LogP contribution in [0, 0.1) is 0 Å². The van der Waals surface area contributed by atoms with E-state index in [-0.39, 0.29) is 27.1 Å². The van der Waals surface area contributed by atoms with Gasteiger partial charge in [-0.1, -0.05) is 34.8 Å². The third kappa shape index (κ3) is 2.58. The first-order valence-electron chi connectivity index (χ1n) is 4.91. The maximum absolute atomic E-state index is 12.2. The summed E-state index contributed by atoms with van der Waals surface area (Å²) >= 11 is 17.5. The van der Waals surface area contributed by atoms with Crippen LogP contribution in [0.15, 0.2) is 30.3 Å². The summed E-state index contributed by atoms with van der Waals surface area (Å²) in [5, 5.41) is 0.875. The van der Waals surface area contributed by atoms with Crippen LogP contribution < -0.4 is 5.73 Å². The van der Waals surface area contributed by atoms with E-state index < -0.39 is 5.78 Å². The van der Waals surface area contributed by atoms with Gasteiger partial charge in [-0.25, -0.2) is 4.98 Å². The molecule has 0 aliphatic rings. The van der Waals surface area contributed by atoms with Crippen molar-refractivity contribution in [2.45, 2.75) is 0 Å². The highest BCUT2D eigenvalue weighted by Crippen LogP contribution is 2.25. The highest BCUT2D eigenvalue weighted by molar-refractivity contribution is 6.37. The molecule has 3 nitrogen and oxygen atoms in total. The van der Waals surface area contributed by atoms with Crippen LogP contribution in [-0.4, -0.2) is 10.8 Å². The summed E-state index contributed by atoms with van der Waals surface area (Å²) in [4.78, 5) is 16.2. The standard InChI is InChI=1S/C12H7Cl3N2O/c13-6-1-2-8(14)7(5-6)12(18)11-9(16)3-4-10(15)17-11/h1-5H,16H2. The molecule has 0 aliphatic heterocycles. The van der Waals surface area contributed by atoms with Crippen LogP contribution in [0.5, 0.6) is 0 Å². The maximum Gasteiger partial charge on any atom is 0.215 e. The third-order valence-corrected chi connectivity index (χ3v) is 3.06. The minimum Gasteiger partial charge on any atom is -0.397 e. The fraction of sp³-hybridized carbons (Fsp3) is 0. The molecule has 0 unspecified atom stereocenters. The highest BCUT2D eigenvalue weighted by Gasteiger charge is 2.17. The second-order valence-electron chi connectivity index (χ2n) is 3.53. The largest absolute Gasteiger partial charge is 0.397 e. The van der Waals surface area contributed by atoms with E-state index in [9.17, 15) is 4.79 Å². The molecule has 0 fully saturated rings. The number of carbonyl (C=O) groups excluding carboxylic acids is 1. The van der Waals surface area contributed by atoms with Gasteiger partial charge in [0.2, 0.25) is 5.78 Å². The Balaban J connectivity index is 2.54. The van der Waals surface area contributed by atoms with Crippen molar-refractivity contribution in [1.82, 2.24) is 4.98 Å². The van der Waals surface area contributed by atoms with Crippen molar-refractivity contribution in [2.75, 3.05) is 5.73 Å². The predicted octanol–water partition coefficient (Wildman–Crippen LogP) is 3.86. The summed E-state index contributed by atoms with van der Waals surface area (Å²) in [6.45, 7) is 0. The van der Waals surface area contributed by atoms with Crippen LogP contribution in [-0.2, 0) is 0 Å². The van der Waals surface area contributed by atoms with Crippen molar-refractivity contribution in [1.29, 1.82) is 0 Å². The van der Waals surface area contributed by atoms with Gasteiger partial charge in [0.05, 0.1) is 10.7 Å². The molecule has 92 valence electrons. The van der Waals surface area contributed by atoms with Gasteiger partial charge in [0.15, 0.2) is 0 Å². The van der Waals surface area contributed by atoms with Crippen molar-refractivity contribution >= 4 is 46.3 Å². The molecule has 0 radical (unpaired) electrons. The summed E-state index contributed by atoms with van der Waals surface area (Å²) in [6.07, 6.45) is 0. The quantitative estimate of drug-likeness (QED) is 0.677. The Bertz CT molecular complexity index is 575. The van der Waals surface area contributed by atoms with Gasteiger partial charge in [-0.15, -0.1) is 0 Å². The number of pyridine rings is 1. The molecular formula is C12H7Cl3N2O. The van der Waals surface area contributed by atoms with Gasteiger partial charge >= 0.3 is 0 Å². The molecule has 0 atom stereocenters. The molecule has 0 amide bonds. The van der Waals surface area contributed by atoms with Crippen molar-refractivity contribution in [3.8, 4) is 0 Å². The van der Waals surface area contributed by atoms with E-state index in [1.165, 1.54) is 24.3 Å². The lowest BCUT2D eigenvalue weighted by Gasteiger charge is -2.06. The summed E-state index contributed by atoms with van der Waals surface area (Å²) < 4.78 is 0. The zero-order valence-electron chi connectivity index (χ0n) is 8.95. The molecule has 18 heavy (non-hydrogen) atoms. The topological polar surface area (TPSA) is 56.0 Å². The first kappa shape index (κ1) is 13.1. The summed E-state index contributed by atoms with van der Waals surface area (Å²) in [5.41, 5.74) is 6.24. The SMILES string of the molecule is Nc1ccc(Cl)nc1C(=O)c1cc(Cl)ccc1Cl. The fourth-order valence-electron chi connectivity index (χ4n) is 1.43. The van der Waals surface area contributed by atoms with Gasteiger partial charge in [-0.05, 0) is 30.3 Å². The molecule has 0 aliphatic carbocycles. The lowest BCUT2D eigenvalue weighted by molar-refractivity contribution is 0.103. The minimum atomic E-state index is -0.414.